The van der Waals surface area contributed by atoms with Gasteiger partial charge in [-0.05, 0) is 37.0 Å². The van der Waals surface area contributed by atoms with Gasteiger partial charge in [0.2, 0.25) is 20.0 Å². The fraction of sp³-hybridized carbons (Fsp3) is 0.500. The summed E-state index contributed by atoms with van der Waals surface area (Å²) in [5.74, 6) is -0.449. The number of β-amino-alcohol motifs (C(OH)–C–C–N with tert-alkyl or cyclic N) is 1. The van der Waals surface area contributed by atoms with Gasteiger partial charge in [-0.15, -0.1) is 0 Å². The van der Waals surface area contributed by atoms with Crippen molar-refractivity contribution in [2.24, 2.45) is 0 Å². The number of nitrogens with zero attached hydrogens (tertiary/aromatic N) is 2. The van der Waals surface area contributed by atoms with E-state index in [0.29, 0.717) is 50.2 Å². The minimum atomic E-state index is -3.73. The molecule has 0 aliphatic carbocycles. The lowest BCUT2D eigenvalue weighted by atomic mass is 9.91. The molecule has 0 spiro atoms. The van der Waals surface area contributed by atoms with Gasteiger partial charge in [-0.1, -0.05) is 30.3 Å². The summed E-state index contributed by atoms with van der Waals surface area (Å²) in [5.41, 5.74) is 1.74. The number of benzene rings is 2. The number of nitrogens with one attached hydrogen (secondary N) is 2. The average molecular weight is 581 g/mol. The zero-order valence-electron chi connectivity index (χ0n) is 22.3. The smallest absolute Gasteiger partial charge is 0.261 e. The lowest BCUT2D eigenvalue weighted by Gasteiger charge is -2.34. The van der Waals surface area contributed by atoms with E-state index in [1.54, 1.807) is 6.07 Å². The predicted octanol–water partition coefficient (Wildman–Crippen LogP) is 1.11. The van der Waals surface area contributed by atoms with Gasteiger partial charge in [-0.25, -0.2) is 16.8 Å². The monoisotopic (exact) mass is 580 g/mol. The van der Waals surface area contributed by atoms with Crippen LogP contribution < -0.4 is 19.1 Å². The molecular formula is C26H36N4O7S2. The molecule has 0 saturated carbocycles. The van der Waals surface area contributed by atoms with Crippen LogP contribution in [-0.2, 0) is 31.3 Å². The number of fused-ring (bicyclic) bond motifs is 1. The molecule has 2 aromatic carbocycles. The summed E-state index contributed by atoms with van der Waals surface area (Å²) >= 11 is 0. The van der Waals surface area contributed by atoms with E-state index in [0.717, 1.165) is 18.1 Å². The zero-order chi connectivity index (χ0) is 28.4. The third-order valence-corrected chi connectivity index (χ3v) is 8.78. The number of hydrogen-bond acceptors (Lipinski definition) is 8. The van der Waals surface area contributed by atoms with Gasteiger partial charge in [-0.3, -0.25) is 18.7 Å². The number of likely N-dealkylation sites (tertiary alicyclic amines) is 1. The van der Waals surface area contributed by atoms with Gasteiger partial charge in [0, 0.05) is 44.7 Å². The van der Waals surface area contributed by atoms with Crippen LogP contribution in [0.25, 0.3) is 0 Å². The van der Waals surface area contributed by atoms with E-state index >= 15 is 0 Å². The third-order valence-electron chi connectivity index (χ3n) is 7.03. The Morgan fingerprint density at radius 1 is 1.10 bits per heavy atom. The van der Waals surface area contributed by atoms with Crippen molar-refractivity contribution in [1.82, 2.24) is 10.2 Å². The van der Waals surface area contributed by atoms with Crippen molar-refractivity contribution in [3.63, 3.8) is 0 Å². The van der Waals surface area contributed by atoms with Crippen LogP contribution in [-0.4, -0.2) is 90.7 Å². The number of hydrogen-bond donors (Lipinski definition) is 3. The fourth-order valence-corrected chi connectivity index (χ4v) is 6.87. The van der Waals surface area contributed by atoms with Gasteiger partial charge in [0.1, 0.15) is 5.75 Å². The van der Waals surface area contributed by atoms with Crippen LogP contribution in [0.2, 0.25) is 0 Å². The predicted molar refractivity (Wildman–Crippen MR) is 150 cm³/mol. The van der Waals surface area contributed by atoms with Crippen molar-refractivity contribution in [2.45, 2.75) is 37.4 Å². The summed E-state index contributed by atoms with van der Waals surface area (Å²) in [4.78, 5) is 15.4. The van der Waals surface area contributed by atoms with Crippen LogP contribution in [0.5, 0.6) is 5.75 Å². The molecule has 1 saturated heterocycles. The largest absolute Gasteiger partial charge is 0.480 e. The SMILES string of the molecule is CNC(=O)C(Oc1ccc(NS(C)(=O)=O)c2c1CCCN2S(C)(=O)=O)[C@H](CN1CC[C@H](O)C1)c1ccccc1. The lowest BCUT2D eigenvalue weighted by molar-refractivity contribution is -0.128. The van der Waals surface area contributed by atoms with Crippen LogP contribution in [0.3, 0.4) is 0 Å². The topological polar surface area (TPSA) is 145 Å². The first-order valence-electron chi connectivity index (χ1n) is 12.8. The van der Waals surface area contributed by atoms with Gasteiger partial charge in [-0.2, -0.15) is 0 Å². The van der Waals surface area contributed by atoms with Crippen LogP contribution >= 0.6 is 0 Å². The van der Waals surface area contributed by atoms with Crippen molar-refractivity contribution < 1.29 is 31.5 Å². The maximum absolute atomic E-state index is 13.3. The molecule has 2 aliphatic heterocycles. The van der Waals surface area contributed by atoms with Gasteiger partial charge in [0.05, 0.1) is 30.0 Å². The standard InChI is InChI=1S/C26H36N4O7S2/c1-27-26(32)25(21(18-8-5-4-6-9-18)17-29-15-13-19(31)16-29)37-23-12-11-22(28-38(2,33)34)24-20(23)10-7-14-30(24)39(3,35)36/h4-6,8-9,11-12,19,21,25,28,31H,7,10,13-17H2,1-3H3,(H,27,32)/t19-,21+,25?/m0/s1. The van der Waals surface area contributed by atoms with Gasteiger partial charge >= 0.3 is 0 Å². The minimum absolute atomic E-state index is 0.132. The number of aliphatic hydroxyl groups excluding tert-OH is 1. The third kappa shape index (κ3) is 7.02. The molecule has 3 atom stereocenters. The van der Waals surface area contributed by atoms with Gasteiger partial charge in [0.15, 0.2) is 6.10 Å². The molecule has 0 bridgehead atoms. The Kier molecular flexibility index (Phi) is 8.74. The van der Waals surface area contributed by atoms with Gasteiger partial charge in [0.25, 0.3) is 5.91 Å². The highest BCUT2D eigenvalue weighted by molar-refractivity contribution is 7.92. The van der Waals surface area contributed by atoms with Crippen molar-refractivity contribution >= 4 is 37.3 Å². The second-order valence-electron chi connectivity index (χ2n) is 10.1. The maximum atomic E-state index is 13.3. The lowest BCUT2D eigenvalue weighted by Crippen LogP contribution is -2.45. The number of carbonyl (C=O) groups excluding carboxylic acids is 1. The van der Waals surface area contributed by atoms with Crippen molar-refractivity contribution in [1.29, 1.82) is 0 Å². The number of likely N-dealkylation sites (N-methyl/N-ethyl adjacent to an activating group) is 1. The summed E-state index contributed by atoms with van der Waals surface area (Å²) in [7, 11) is -5.91. The molecule has 1 unspecified atom stereocenters. The molecule has 4 rings (SSSR count). The Balaban J connectivity index is 1.80. The number of aliphatic hydroxyl groups is 1. The van der Waals surface area contributed by atoms with Crippen LogP contribution in [0.15, 0.2) is 42.5 Å². The first kappa shape index (κ1) is 29.1. The number of rotatable bonds is 10. The van der Waals surface area contributed by atoms with Crippen molar-refractivity contribution in [2.75, 3.05) is 54.8 Å². The fourth-order valence-electron chi connectivity index (χ4n) is 5.31. The Morgan fingerprint density at radius 3 is 2.41 bits per heavy atom. The molecule has 13 heteroatoms. The summed E-state index contributed by atoms with van der Waals surface area (Å²) in [6.45, 7) is 1.84. The maximum Gasteiger partial charge on any atom is 0.261 e. The number of ether oxygens (including phenoxy) is 1. The van der Waals surface area contributed by atoms with Crippen molar-refractivity contribution in [3.05, 3.63) is 53.6 Å². The van der Waals surface area contributed by atoms with E-state index in [4.69, 9.17) is 4.74 Å². The summed E-state index contributed by atoms with van der Waals surface area (Å²) in [5, 5.41) is 12.8. The molecule has 2 aliphatic rings. The number of amides is 1. The second kappa shape index (κ2) is 11.7. The highest BCUT2D eigenvalue weighted by Crippen LogP contribution is 2.43. The van der Waals surface area contributed by atoms with E-state index in [1.165, 1.54) is 17.4 Å². The molecule has 2 heterocycles. The Morgan fingerprint density at radius 2 is 1.82 bits per heavy atom. The van der Waals surface area contributed by atoms with Crippen LogP contribution in [0.4, 0.5) is 11.4 Å². The Bertz CT molecular complexity index is 1400. The quantitative estimate of drug-likeness (QED) is 0.379. The van der Waals surface area contributed by atoms with Crippen LogP contribution in [0.1, 0.15) is 29.9 Å². The average Bonchev–Trinajstić information content (AvgIpc) is 3.30. The minimum Gasteiger partial charge on any atom is -0.480 e. The molecule has 3 N–H and O–H groups in total. The first-order valence-corrected chi connectivity index (χ1v) is 16.6. The molecule has 1 fully saturated rings. The Hall–Kier alpha value is -2.87. The number of anilines is 2. The molecule has 1 amide bonds. The highest BCUT2D eigenvalue weighted by atomic mass is 32.2. The molecule has 2 aromatic rings. The molecular weight excluding hydrogens is 544 g/mol. The van der Waals surface area contributed by atoms with E-state index in [9.17, 15) is 26.7 Å². The van der Waals surface area contributed by atoms with Gasteiger partial charge < -0.3 is 15.2 Å². The van der Waals surface area contributed by atoms with E-state index in [2.05, 4.69) is 14.9 Å². The molecule has 214 valence electrons. The van der Waals surface area contributed by atoms with Crippen LogP contribution in [0, 0.1) is 0 Å². The summed E-state index contributed by atoms with van der Waals surface area (Å²) in [6.07, 6.45) is 2.24. The van der Waals surface area contributed by atoms with E-state index < -0.39 is 38.2 Å². The Labute approximate surface area is 230 Å². The molecule has 39 heavy (non-hydrogen) atoms. The molecule has 0 radical (unpaired) electrons. The van der Waals surface area contributed by atoms with E-state index in [1.807, 2.05) is 30.3 Å². The first-order chi connectivity index (χ1) is 18.4. The van der Waals surface area contributed by atoms with Crippen molar-refractivity contribution in [3.8, 4) is 5.75 Å². The summed E-state index contributed by atoms with van der Waals surface area (Å²) < 4.78 is 59.6. The molecule has 0 aromatic heterocycles. The second-order valence-corrected chi connectivity index (χ2v) is 13.8. The summed E-state index contributed by atoms with van der Waals surface area (Å²) in [6, 6.07) is 12.6. The normalized spacial score (nSPS) is 19.7. The number of carbonyl (C=O) groups is 1. The van der Waals surface area contributed by atoms with E-state index in [-0.39, 0.29) is 23.8 Å². The zero-order valence-corrected chi connectivity index (χ0v) is 24.0. The number of sulfonamides is 2. The molecule has 11 nitrogen and oxygen atoms in total. The highest BCUT2D eigenvalue weighted by Gasteiger charge is 2.36.